The molecule has 1 aromatic rings. The van der Waals surface area contributed by atoms with Crippen LogP contribution in [0.2, 0.25) is 5.02 Å². The first kappa shape index (κ1) is 14.3. The molecule has 0 saturated heterocycles. The summed E-state index contributed by atoms with van der Waals surface area (Å²) in [6.07, 6.45) is -0.370. The average Bonchev–Trinajstić information content (AvgIpc) is 2.36. The predicted molar refractivity (Wildman–Crippen MR) is 67.6 cm³/mol. The molecule has 0 saturated carbocycles. The minimum atomic E-state index is -0.370. The number of benzene rings is 1. The highest BCUT2D eigenvalue weighted by molar-refractivity contribution is 6.32. The van der Waals surface area contributed by atoms with Crippen LogP contribution in [-0.4, -0.2) is 34.7 Å². The van der Waals surface area contributed by atoms with Gasteiger partial charge in [-0.15, -0.1) is 0 Å². The quantitative estimate of drug-likeness (QED) is 0.796. The van der Waals surface area contributed by atoms with Gasteiger partial charge in [0.2, 0.25) is 0 Å². The SMILES string of the molecule is CNC(c1ccc(Cl)c(OC)c1)C(OC)OC. The molecule has 96 valence electrons. The van der Waals surface area contributed by atoms with Crippen LogP contribution in [0.25, 0.3) is 0 Å². The van der Waals surface area contributed by atoms with Crippen LogP contribution >= 0.6 is 11.6 Å². The van der Waals surface area contributed by atoms with Gasteiger partial charge in [0, 0.05) is 14.2 Å². The number of nitrogens with one attached hydrogen (secondary N) is 1. The Kier molecular flexibility index (Phi) is 5.71. The van der Waals surface area contributed by atoms with Gasteiger partial charge in [-0.25, -0.2) is 0 Å². The fourth-order valence-corrected chi connectivity index (χ4v) is 1.89. The molecule has 0 fully saturated rings. The lowest BCUT2D eigenvalue weighted by Crippen LogP contribution is -2.32. The largest absolute Gasteiger partial charge is 0.495 e. The zero-order valence-electron chi connectivity index (χ0n) is 10.5. The molecule has 0 aliphatic carbocycles. The van der Waals surface area contributed by atoms with E-state index in [0.717, 1.165) is 5.56 Å². The Morgan fingerprint density at radius 1 is 1.18 bits per heavy atom. The number of ether oxygens (including phenoxy) is 3. The van der Waals surface area contributed by atoms with Crippen LogP contribution in [-0.2, 0) is 9.47 Å². The van der Waals surface area contributed by atoms with Gasteiger partial charge in [-0.3, -0.25) is 0 Å². The summed E-state index contributed by atoms with van der Waals surface area (Å²) in [5.74, 6) is 0.635. The van der Waals surface area contributed by atoms with Crippen LogP contribution in [0.4, 0.5) is 0 Å². The fourth-order valence-electron chi connectivity index (χ4n) is 1.70. The molecule has 1 atom stereocenters. The predicted octanol–water partition coefficient (Wildman–Crippen LogP) is 2.23. The molecule has 0 aliphatic rings. The number of methoxy groups -OCH3 is 3. The second-order valence-corrected chi connectivity index (χ2v) is 3.91. The lowest BCUT2D eigenvalue weighted by Gasteiger charge is -2.25. The summed E-state index contributed by atoms with van der Waals surface area (Å²) in [4.78, 5) is 0. The second-order valence-electron chi connectivity index (χ2n) is 3.50. The summed E-state index contributed by atoms with van der Waals surface area (Å²) in [6, 6.07) is 5.49. The molecule has 1 aromatic carbocycles. The molecule has 0 spiro atoms. The summed E-state index contributed by atoms with van der Waals surface area (Å²) in [5.41, 5.74) is 0.988. The molecule has 0 bridgehead atoms. The topological polar surface area (TPSA) is 39.7 Å². The van der Waals surface area contributed by atoms with E-state index in [1.807, 2.05) is 19.2 Å². The third kappa shape index (κ3) is 3.33. The summed E-state index contributed by atoms with van der Waals surface area (Å²) >= 11 is 5.98. The standard InChI is InChI=1S/C12H18ClNO3/c1-14-11(12(16-3)17-4)8-5-6-9(13)10(7-8)15-2/h5-7,11-12,14H,1-4H3. The third-order valence-electron chi connectivity index (χ3n) is 2.58. The Hall–Kier alpha value is -0.810. The van der Waals surface area contributed by atoms with Crippen molar-refractivity contribution in [3.63, 3.8) is 0 Å². The van der Waals surface area contributed by atoms with Crippen molar-refractivity contribution in [3.8, 4) is 5.75 Å². The zero-order valence-corrected chi connectivity index (χ0v) is 11.2. The van der Waals surface area contributed by atoms with Crippen molar-refractivity contribution in [3.05, 3.63) is 28.8 Å². The van der Waals surface area contributed by atoms with Crippen molar-refractivity contribution in [2.45, 2.75) is 12.3 Å². The van der Waals surface area contributed by atoms with E-state index in [2.05, 4.69) is 5.32 Å². The van der Waals surface area contributed by atoms with Crippen molar-refractivity contribution in [1.82, 2.24) is 5.32 Å². The maximum atomic E-state index is 5.98. The van der Waals surface area contributed by atoms with E-state index in [4.69, 9.17) is 25.8 Å². The minimum absolute atomic E-state index is 0.0869. The van der Waals surface area contributed by atoms with Gasteiger partial charge in [-0.1, -0.05) is 17.7 Å². The minimum Gasteiger partial charge on any atom is -0.495 e. The molecular weight excluding hydrogens is 242 g/mol. The number of hydrogen-bond acceptors (Lipinski definition) is 4. The first-order valence-electron chi connectivity index (χ1n) is 5.24. The Morgan fingerprint density at radius 3 is 2.29 bits per heavy atom. The molecule has 17 heavy (non-hydrogen) atoms. The van der Waals surface area contributed by atoms with Crippen LogP contribution in [0.5, 0.6) is 5.75 Å². The van der Waals surface area contributed by atoms with Gasteiger partial charge in [0.05, 0.1) is 18.2 Å². The molecule has 1 N–H and O–H groups in total. The smallest absolute Gasteiger partial charge is 0.176 e. The van der Waals surface area contributed by atoms with Crippen LogP contribution in [0, 0.1) is 0 Å². The van der Waals surface area contributed by atoms with Crippen molar-refractivity contribution in [2.75, 3.05) is 28.4 Å². The molecule has 0 heterocycles. The normalized spacial score (nSPS) is 12.8. The molecule has 4 nitrogen and oxygen atoms in total. The summed E-state index contributed by atoms with van der Waals surface area (Å²) in [5, 5.41) is 3.72. The van der Waals surface area contributed by atoms with E-state index >= 15 is 0 Å². The molecule has 0 amide bonds. The number of hydrogen-bond donors (Lipinski definition) is 1. The van der Waals surface area contributed by atoms with Gasteiger partial charge in [-0.2, -0.15) is 0 Å². The van der Waals surface area contributed by atoms with Crippen LogP contribution < -0.4 is 10.1 Å². The van der Waals surface area contributed by atoms with Crippen LogP contribution in [0.15, 0.2) is 18.2 Å². The van der Waals surface area contributed by atoms with Gasteiger partial charge in [-0.05, 0) is 24.7 Å². The van der Waals surface area contributed by atoms with Gasteiger partial charge >= 0.3 is 0 Å². The van der Waals surface area contributed by atoms with E-state index in [-0.39, 0.29) is 12.3 Å². The van der Waals surface area contributed by atoms with E-state index in [9.17, 15) is 0 Å². The summed E-state index contributed by atoms with van der Waals surface area (Å²) < 4.78 is 15.7. The first-order chi connectivity index (χ1) is 8.17. The van der Waals surface area contributed by atoms with E-state index in [1.165, 1.54) is 0 Å². The van der Waals surface area contributed by atoms with Gasteiger partial charge < -0.3 is 19.5 Å². The highest BCUT2D eigenvalue weighted by Gasteiger charge is 2.21. The Labute approximate surface area is 107 Å². The zero-order chi connectivity index (χ0) is 12.8. The number of rotatable bonds is 6. The number of halogens is 1. The Bertz CT molecular complexity index is 356. The second kappa shape index (κ2) is 6.81. The number of likely N-dealkylation sites (N-methyl/N-ethyl adjacent to an activating group) is 1. The lowest BCUT2D eigenvalue weighted by atomic mass is 10.1. The highest BCUT2D eigenvalue weighted by Crippen LogP contribution is 2.29. The average molecular weight is 260 g/mol. The molecule has 1 rings (SSSR count). The van der Waals surface area contributed by atoms with Gasteiger partial charge in [0.15, 0.2) is 6.29 Å². The van der Waals surface area contributed by atoms with E-state index < -0.39 is 0 Å². The van der Waals surface area contributed by atoms with Gasteiger partial charge in [0.1, 0.15) is 5.75 Å². The Balaban J connectivity index is 3.03. The van der Waals surface area contributed by atoms with Gasteiger partial charge in [0.25, 0.3) is 0 Å². The fraction of sp³-hybridized carbons (Fsp3) is 0.500. The summed E-state index contributed by atoms with van der Waals surface area (Å²) in [7, 11) is 6.64. The molecule has 1 unspecified atom stereocenters. The summed E-state index contributed by atoms with van der Waals surface area (Å²) in [6.45, 7) is 0. The third-order valence-corrected chi connectivity index (χ3v) is 2.89. The molecule has 0 aromatic heterocycles. The molecule has 5 heteroatoms. The van der Waals surface area contributed by atoms with Crippen LogP contribution in [0.3, 0.4) is 0 Å². The van der Waals surface area contributed by atoms with Crippen molar-refractivity contribution < 1.29 is 14.2 Å². The monoisotopic (exact) mass is 259 g/mol. The molecular formula is C12H18ClNO3. The van der Waals surface area contributed by atoms with Crippen molar-refractivity contribution in [2.24, 2.45) is 0 Å². The molecule has 0 radical (unpaired) electrons. The molecule has 0 aliphatic heterocycles. The maximum absolute atomic E-state index is 5.98. The maximum Gasteiger partial charge on any atom is 0.176 e. The first-order valence-corrected chi connectivity index (χ1v) is 5.62. The van der Waals surface area contributed by atoms with E-state index in [0.29, 0.717) is 10.8 Å². The highest BCUT2D eigenvalue weighted by atomic mass is 35.5. The van der Waals surface area contributed by atoms with E-state index in [1.54, 1.807) is 27.4 Å². The lowest BCUT2D eigenvalue weighted by molar-refractivity contribution is -0.123. The van der Waals surface area contributed by atoms with Crippen molar-refractivity contribution in [1.29, 1.82) is 0 Å². The Morgan fingerprint density at radius 2 is 1.82 bits per heavy atom. The van der Waals surface area contributed by atoms with Crippen molar-refractivity contribution >= 4 is 11.6 Å². The van der Waals surface area contributed by atoms with Crippen LogP contribution in [0.1, 0.15) is 11.6 Å².